The number of amides is 1. The van der Waals surface area contributed by atoms with Gasteiger partial charge in [0.25, 0.3) is 0 Å². The van der Waals surface area contributed by atoms with Crippen LogP contribution in [0.5, 0.6) is 5.75 Å². The molecule has 3 N–H and O–H groups in total. The summed E-state index contributed by atoms with van der Waals surface area (Å²) in [5.74, 6) is 0.340. The van der Waals surface area contributed by atoms with Crippen molar-refractivity contribution in [3.8, 4) is 5.75 Å². The van der Waals surface area contributed by atoms with Gasteiger partial charge in [0, 0.05) is 30.2 Å². The average molecular weight is 293 g/mol. The van der Waals surface area contributed by atoms with Crippen LogP contribution in [0.3, 0.4) is 0 Å². The molecule has 6 nitrogen and oxygen atoms in total. The van der Waals surface area contributed by atoms with Crippen LogP contribution in [0.25, 0.3) is 0 Å². The summed E-state index contributed by atoms with van der Waals surface area (Å²) in [5, 5.41) is 4.42. The number of nitrogens with two attached hydrogens (primary N) is 1. The molecule has 0 radical (unpaired) electrons. The van der Waals surface area contributed by atoms with E-state index < -0.39 is 0 Å². The van der Waals surface area contributed by atoms with E-state index in [1.807, 2.05) is 0 Å². The fraction of sp³-hybridized carbons (Fsp3) is 0.231. The molecule has 0 atom stereocenters. The average Bonchev–Trinajstić information content (AvgIpc) is 2.82. The molecule has 1 heterocycles. The molecule has 0 aliphatic heterocycles. The number of carbonyl (C=O) groups is 1. The quantitative estimate of drug-likeness (QED) is 0.819. The maximum Gasteiger partial charge on any atom is 0.307 e. The highest BCUT2D eigenvalue weighted by molar-refractivity contribution is 7.07. The molecular weight excluding hydrogens is 278 g/mol. The van der Waals surface area contributed by atoms with Crippen LogP contribution in [0.15, 0.2) is 34.6 Å². The molecule has 0 spiro atoms. The van der Waals surface area contributed by atoms with Gasteiger partial charge in [-0.15, -0.1) is 0 Å². The third-order valence-electron chi connectivity index (χ3n) is 2.72. The largest absolute Gasteiger partial charge is 0.495 e. The number of nitrogens with one attached hydrogen (secondary N) is 1. The monoisotopic (exact) mass is 293 g/mol. The van der Waals surface area contributed by atoms with Gasteiger partial charge < -0.3 is 20.4 Å². The summed E-state index contributed by atoms with van der Waals surface area (Å²) in [5.41, 5.74) is 6.74. The molecule has 0 aliphatic rings. The molecule has 0 aliphatic carbocycles. The zero-order valence-corrected chi connectivity index (χ0v) is 11.8. The van der Waals surface area contributed by atoms with E-state index in [-0.39, 0.29) is 17.2 Å². The van der Waals surface area contributed by atoms with Crippen LogP contribution in [-0.2, 0) is 11.3 Å². The second-order valence-electron chi connectivity index (χ2n) is 4.12. The smallest absolute Gasteiger partial charge is 0.307 e. The molecule has 0 unspecified atom stereocenters. The van der Waals surface area contributed by atoms with E-state index >= 15 is 0 Å². The minimum Gasteiger partial charge on any atom is -0.495 e. The van der Waals surface area contributed by atoms with Crippen molar-refractivity contribution in [3.63, 3.8) is 0 Å². The van der Waals surface area contributed by atoms with E-state index in [0.29, 0.717) is 23.7 Å². The van der Waals surface area contributed by atoms with Crippen molar-refractivity contribution in [2.45, 2.75) is 13.0 Å². The van der Waals surface area contributed by atoms with Gasteiger partial charge in [-0.05, 0) is 18.2 Å². The lowest BCUT2D eigenvalue weighted by Crippen LogP contribution is -2.19. The lowest BCUT2D eigenvalue weighted by molar-refractivity contribution is -0.116. The van der Waals surface area contributed by atoms with Gasteiger partial charge in [0.15, 0.2) is 0 Å². The van der Waals surface area contributed by atoms with Crippen molar-refractivity contribution in [2.24, 2.45) is 0 Å². The van der Waals surface area contributed by atoms with Gasteiger partial charge in [-0.25, -0.2) is 0 Å². The summed E-state index contributed by atoms with van der Waals surface area (Å²) < 4.78 is 6.65. The van der Waals surface area contributed by atoms with Crippen molar-refractivity contribution in [2.75, 3.05) is 18.2 Å². The fourth-order valence-electron chi connectivity index (χ4n) is 1.71. The SMILES string of the molecule is COc1ccc(N)cc1NC(=O)CCn1ccsc1=O. The number of aromatic nitrogens is 1. The Bertz CT molecular complexity index is 663. The molecule has 1 aromatic heterocycles. The predicted octanol–water partition coefficient (Wildman–Crippen LogP) is 1.53. The van der Waals surface area contributed by atoms with Crippen molar-refractivity contribution in [1.29, 1.82) is 0 Å². The van der Waals surface area contributed by atoms with Gasteiger partial charge in [0.05, 0.1) is 12.8 Å². The minimum absolute atomic E-state index is 0.0701. The van der Waals surface area contributed by atoms with E-state index in [9.17, 15) is 9.59 Å². The highest BCUT2D eigenvalue weighted by atomic mass is 32.1. The minimum atomic E-state index is -0.202. The number of nitrogens with zero attached hydrogens (tertiary/aromatic N) is 1. The molecule has 2 rings (SSSR count). The third kappa shape index (κ3) is 3.39. The Balaban J connectivity index is 1.99. The van der Waals surface area contributed by atoms with Crippen LogP contribution in [-0.4, -0.2) is 17.6 Å². The molecule has 0 bridgehead atoms. The lowest BCUT2D eigenvalue weighted by atomic mass is 10.2. The molecule has 0 fully saturated rings. The van der Waals surface area contributed by atoms with Crippen molar-refractivity contribution in [3.05, 3.63) is 39.4 Å². The number of methoxy groups -OCH3 is 1. The number of thiazole rings is 1. The van der Waals surface area contributed by atoms with Gasteiger partial charge in [-0.2, -0.15) is 0 Å². The summed E-state index contributed by atoms with van der Waals surface area (Å²) in [7, 11) is 1.52. The first-order valence-electron chi connectivity index (χ1n) is 5.97. The number of aryl methyl sites for hydroxylation is 1. The number of carbonyl (C=O) groups excluding carboxylic acids is 1. The van der Waals surface area contributed by atoms with Gasteiger partial charge >= 0.3 is 4.87 Å². The van der Waals surface area contributed by atoms with Gasteiger partial charge in [-0.3, -0.25) is 9.59 Å². The fourth-order valence-corrected chi connectivity index (χ4v) is 2.33. The molecule has 0 saturated carbocycles. The first-order valence-corrected chi connectivity index (χ1v) is 6.85. The van der Waals surface area contributed by atoms with E-state index in [1.165, 1.54) is 11.7 Å². The van der Waals surface area contributed by atoms with E-state index in [4.69, 9.17) is 10.5 Å². The highest BCUT2D eigenvalue weighted by Gasteiger charge is 2.08. The number of rotatable bonds is 5. The Morgan fingerprint density at radius 3 is 2.95 bits per heavy atom. The zero-order valence-electron chi connectivity index (χ0n) is 11.0. The second-order valence-corrected chi connectivity index (χ2v) is 4.98. The Kier molecular flexibility index (Phi) is 4.41. The maximum atomic E-state index is 11.9. The van der Waals surface area contributed by atoms with Crippen molar-refractivity contribution < 1.29 is 9.53 Å². The Morgan fingerprint density at radius 1 is 1.50 bits per heavy atom. The lowest BCUT2D eigenvalue weighted by Gasteiger charge is -2.11. The van der Waals surface area contributed by atoms with Gasteiger partial charge in [0.2, 0.25) is 5.91 Å². The number of hydrogen-bond donors (Lipinski definition) is 2. The van der Waals surface area contributed by atoms with Gasteiger partial charge in [0.1, 0.15) is 5.75 Å². The van der Waals surface area contributed by atoms with Crippen LogP contribution >= 0.6 is 11.3 Å². The van der Waals surface area contributed by atoms with Crippen LogP contribution < -0.4 is 20.7 Å². The van der Waals surface area contributed by atoms with Gasteiger partial charge in [-0.1, -0.05) is 11.3 Å². The van der Waals surface area contributed by atoms with E-state index in [1.54, 1.807) is 29.8 Å². The topological polar surface area (TPSA) is 86.3 Å². The summed E-state index contributed by atoms with van der Waals surface area (Å²) in [6.07, 6.45) is 1.87. The van der Waals surface area contributed by atoms with Crippen LogP contribution in [0, 0.1) is 0 Å². The summed E-state index contributed by atoms with van der Waals surface area (Å²) in [6.45, 7) is 0.346. The highest BCUT2D eigenvalue weighted by Crippen LogP contribution is 2.26. The second kappa shape index (κ2) is 6.25. The summed E-state index contributed by atoms with van der Waals surface area (Å²) in [4.78, 5) is 23.2. The first-order chi connectivity index (χ1) is 9.60. The molecular formula is C13H15N3O3S. The van der Waals surface area contributed by atoms with Crippen LogP contribution in [0.2, 0.25) is 0 Å². The molecule has 106 valence electrons. The normalized spacial score (nSPS) is 10.2. The number of hydrogen-bond acceptors (Lipinski definition) is 5. The standard InChI is InChI=1S/C13H15N3O3S/c1-19-11-3-2-9(14)8-10(11)15-12(17)4-5-16-6-7-20-13(16)18/h2-3,6-8H,4-5,14H2,1H3,(H,15,17). The first kappa shape index (κ1) is 14.1. The third-order valence-corrected chi connectivity index (χ3v) is 3.42. The Labute approximate surface area is 119 Å². The van der Waals surface area contributed by atoms with Crippen molar-refractivity contribution in [1.82, 2.24) is 4.57 Å². The number of anilines is 2. The molecule has 1 aromatic carbocycles. The van der Waals surface area contributed by atoms with E-state index in [0.717, 1.165) is 11.3 Å². The predicted molar refractivity (Wildman–Crippen MR) is 79.2 cm³/mol. The summed E-state index contributed by atoms with van der Waals surface area (Å²) >= 11 is 1.11. The van der Waals surface area contributed by atoms with Crippen LogP contribution in [0.1, 0.15) is 6.42 Å². The van der Waals surface area contributed by atoms with Crippen LogP contribution in [0.4, 0.5) is 11.4 Å². The molecule has 2 aromatic rings. The number of benzene rings is 1. The molecule has 20 heavy (non-hydrogen) atoms. The maximum absolute atomic E-state index is 11.9. The molecule has 7 heteroatoms. The number of nitrogen functional groups attached to an aromatic ring is 1. The Morgan fingerprint density at radius 2 is 2.30 bits per heavy atom. The molecule has 1 amide bonds. The zero-order chi connectivity index (χ0) is 14.5. The van der Waals surface area contributed by atoms with E-state index in [2.05, 4.69) is 5.32 Å². The summed E-state index contributed by atoms with van der Waals surface area (Å²) in [6, 6.07) is 5.02. The van der Waals surface area contributed by atoms with Crippen molar-refractivity contribution >= 4 is 28.6 Å². The molecule has 0 saturated heterocycles. The number of ether oxygens (including phenoxy) is 1. The Hall–Kier alpha value is -2.28.